The molecule has 140 valence electrons. The van der Waals surface area contributed by atoms with Crippen molar-refractivity contribution in [3.05, 3.63) is 47.3 Å². The van der Waals surface area contributed by atoms with Crippen LogP contribution in [0.5, 0.6) is 0 Å². The molecular weight excluding hydrogens is 345 g/mol. The Balaban J connectivity index is 1.84. The number of amides is 1. The van der Waals surface area contributed by atoms with E-state index < -0.39 is 23.3 Å². The topological polar surface area (TPSA) is 59.0 Å². The third-order valence-electron chi connectivity index (χ3n) is 4.51. The van der Waals surface area contributed by atoms with Crippen molar-refractivity contribution in [2.24, 2.45) is 5.92 Å². The maximum absolute atomic E-state index is 13.6. The number of benzene rings is 1. The van der Waals surface area contributed by atoms with E-state index in [2.05, 4.69) is 15.7 Å². The number of nitrogens with one attached hydrogen (secondary N) is 2. The summed E-state index contributed by atoms with van der Waals surface area (Å²) in [6.45, 7) is 3.89. The SMILES string of the molecule is Cc1ccc(-n2ncc(C(=O)NCC3CCCNC3)c2C(F)(F)F)cc1. The van der Waals surface area contributed by atoms with Crippen LogP contribution in [0.15, 0.2) is 30.5 Å². The van der Waals surface area contributed by atoms with Gasteiger partial charge in [-0.1, -0.05) is 17.7 Å². The van der Waals surface area contributed by atoms with Gasteiger partial charge in [-0.05, 0) is 50.9 Å². The van der Waals surface area contributed by atoms with E-state index in [1.165, 1.54) is 0 Å². The molecule has 0 bridgehead atoms. The van der Waals surface area contributed by atoms with Crippen LogP contribution in [0.3, 0.4) is 0 Å². The standard InChI is InChI=1S/C18H21F3N4O/c1-12-4-6-14(7-5-12)25-16(18(19,20)21)15(11-24-25)17(26)23-10-13-3-2-8-22-9-13/h4-7,11,13,22H,2-3,8-10H2,1H3,(H,23,26). The Hall–Kier alpha value is -2.35. The van der Waals surface area contributed by atoms with Crippen LogP contribution < -0.4 is 10.6 Å². The highest BCUT2D eigenvalue weighted by atomic mass is 19.4. The lowest BCUT2D eigenvalue weighted by atomic mass is 9.99. The van der Waals surface area contributed by atoms with Gasteiger partial charge in [-0.15, -0.1) is 0 Å². The summed E-state index contributed by atoms with van der Waals surface area (Å²) in [6, 6.07) is 6.50. The number of rotatable bonds is 4. The lowest BCUT2D eigenvalue weighted by Gasteiger charge is -2.22. The van der Waals surface area contributed by atoms with Crippen molar-refractivity contribution in [3.63, 3.8) is 0 Å². The average Bonchev–Trinajstić information content (AvgIpc) is 3.07. The second-order valence-electron chi connectivity index (χ2n) is 6.57. The van der Waals surface area contributed by atoms with Crippen molar-refractivity contribution < 1.29 is 18.0 Å². The normalized spacial score (nSPS) is 17.9. The second-order valence-corrected chi connectivity index (χ2v) is 6.57. The number of nitrogens with zero attached hydrogens (tertiary/aromatic N) is 2. The third kappa shape index (κ3) is 4.07. The number of piperidine rings is 1. The molecule has 1 aromatic heterocycles. The molecule has 0 spiro atoms. The van der Waals surface area contributed by atoms with Gasteiger partial charge < -0.3 is 10.6 Å². The summed E-state index contributed by atoms with van der Waals surface area (Å²) in [5.41, 5.74) is -0.325. The predicted octanol–water partition coefficient (Wildman–Crippen LogP) is 2.93. The zero-order chi connectivity index (χ0) is 18.7. The molecule has 0 aliphatic carbocycles. The number of hydrogen-bond donors (Lipinski definition) is 2. The molecule has 8 heteroatoms. The van der Waals surface area contributed by atoms with Gasteiger partial charge in [-0.25, -0.2) is 4.68 Å². The van der Waals surface area contributed by atoms with E-state index in [4.69, 9.17) is 0 Å². The zero-order valence-corrected chi connectivity index (χ0v) is 14.4. The molecule has 1 saturated heterocycles. The molecule has 2 aromatic rings. The van der Waals surface area contributed by atoms with E-state index in [1.807, 2.05) is 6.92 Å². The number of carbonyl (C=O) groups is 1. The van der Waals surface area contributed by atoms with Gasteiger partial charge in [0.25, 0.3) is 5.91 Å². The van der Waals surface area contributed by atoms with E-state index in [0.29, 0.717) is 6.54 Å². The highest BCUT2D eigenvalue weighted by molar-refractivity contribution is 5.95. The van der Waals surface area contributed by atoms with E-state index in [0.717, 1.165) is 42.4 Å². The van der Waals surface area contributed by atoms with Gasteiger partial charge >= 0.3 is 6.18 Å². The van der Waals surface area contributed by atoms with E-state index in [-0.39, 0.29) is 11.6 Å². The van der Waals surface area contributed by atoms with Gasteiger partial charge in [0.05, 0.1) is 17.4 Å². The molecule has 1 unspecified atom stereocenters. The molecule has 5 nitrogen and oxygen atoms in total. The molecule has 2 N–H and O–H groups in total. The van der Waals surface area contributed by atoms with Gasteiger partial charge in [0.1, 0.15) is 0 Å². The minimum Gasteiger partial charge on any atom is -0.352 e. The summed E-state index contributed by atoms with van der Waals surface area (Å²) in [6.07, 6.45) is -1.76. The number of hydrogen-bond acceptors (Lipinski definition) is 3. The summed E-state index contributed by atoms with van der Waals surface area (Å²) >= 11 is 0. The molecule has 0 radical (unpaired) electrons. The van der Waals surface area contributed by atoms with Crippen molar-refractivity contribution in [3.8, 4) is 5.69 Å². The van der Waals surface area contributed by atoms with Crippen molar-refractivity contribution in [1.82, 2.24) is 20.4 Å². The molecule has 1 aromatic carbocycles. The van der Waals surface area contributed by atoms with Crippen LogP contribution in [-0.2, 0) is 6.18 Å². The van der Waals surface area contributed by atoms with Crippen molar-refractivity contribution in [2.75, 3.05) is 19.6 Å². The van der Waals surface area contributed by atoms with Crippen LogP contribution in [0.1, 0.15) is 34.5 Å². The van der Waals surface area contributed by atoms with Crippen molar-refractivity contribution in [1.29, 1.82) is 0 Å². The molecule has 0 saturated carbocycles. The molecule has 1 atom stereocenters. The van der Waals surface area contributed by atoms with Crippen LogP contribution >= 0.6 is 0 Å². The molecule has 2 heterocycles. The first kappa shape index (κ1) is 18.4. The van der Waals surface area contributed by atoms with Gasteiger partial charge in [-0.3, -0.25) is 4.79 Å². The maximum Gasteiger partial charge on any atom is 0.434 e. The first-order valence-electron chi connectivity index (χ1n) is 8.57. The van der Waals surface area contributed by atoms with E-state index in [1.54, 1.807) is 24.3 Å². The number of alkyl halides is 3. The number of halogens is 3. The largest absolute Gasteiger partial charge is 0.434 e. The summed E-state index contributed by atoms with van der Waals surface area (Å²) in [5.74, 6) is -0.518. The number of carbonyl (C=O) groups excluding carboxylic acids is 1. The van der Waals surface area contributed by atoms with Crippen LogP contribution in [-0.4, -0.2) is 35.3 Å². The van der Waals surface area contributed by atoms with E-state index >= 15 is 0 Å². The first-order valence-corrected chi connectivity index (χ1v) is 8.57. The summed E-state index contributed by atoms with van der Waals surface area (Å²) in [5, 5.41) is 9.66. The Morgan fingerprint density at radius 3 is 2.69 bits per heavy atom. The van der Waals surface area contributed by atoms with Gasteiger partial charge in [0.15, 0.2) is 5.69 Å². The zero-order valence-electron chi connectivity index (χ0n) is 14.4. The highest BCUT2D eigenvalue weighted by Gasteiger charge is 2.40. The Bertz CT molecular complexity index is 762. The van der Waals surface area contributed by atoms with Crippen LogP contribution in [0.2, 0.25) is 0 Å². The maximum atomic E-state index is 13.6. The lowest BCUT2D eigenvalue weighted by Crippen LogP contribution is -2.38. The average molecular weight is 366 g/mol. The van der Waals surface area contributed by atoms with Gasteiger partial charge in [0.2, 0.25) is 0 Å². The Kier molecular flexibility index (Phi) is 5.31. The van der Waals surface area contributed by atoms with Gasteiger partial charge in [0, 0.05) is 6.54 Å². The number of aryl methyl sites for hydroxylation is 1. The summed E-state index contributed by atoms with van der Waals surface area (Å²) in [7, 11) is 0. The Labute approximate surface area is 149 Å². The number of aromatic nitrogens is 2. The van der Waals surface area contributed by atoms with Crippen LogP contribution in [0, 0.1) is 12.8 Å². The second kappa shape index (κ2) is 7.49. The highest BCUT2D eigenvalue weighted by Crippen LogP contribution is 2.33. The fraction of sp³-hybridized carbons (Fsp3) is 0.444. The Morgan fingerprint density at radius 1 is 1.35 bits per heavy atom. The molecule has 1 fully saturated rings. The summed E-state index contributed by atoms with van der Waals surface area (Å²) < 4.78 is 41.6. The quantitative estimate of drug-likeness (QED) is 0.875. The molecule has 3 rings (SSSR count). The summed E-state index contributed by atoms with van der Waals surface area (Å²) in [4.78, 5) is 12.4. The van der Waals surface area contributed by atoms with Crippen LogP contribution in [0.4, 0.5) is 13.2 Å². The first-order chi connectivity index (χ1) is 12.4. The van der Waals surface area contributed by atoms with Gasteiger partial charge in [-0.2, -0.15) is 18.3 Å². The minimum absolute atomic E-state index is 0.231. The molecule has 1 amide bonds. The molecular formula is C18H21F3N4O. The Morgan fingerprint density at radius 2 is 2.08 bits per heavy atom. The molecule has 1 aliphatic heterocycles. The lowest BCUT2D eigenvalue weighted by molar-refractivity contribution is -0.143. The molecule has 1 aliphatic rings. The fourth-order valence-corrected chi connectivity index (χ4v) is 3.10. The third-order valence-corrected chi connectivity index (χ3v) is 4.51. The molecule has 26 heavy (non-hydrogen) atoms. The fourth-order valence-electron chi connectivity index (χ4n) is 3.10. The van der Waals surface area contributed by atoms with Crippen molar-refractivity contribution >= 4 is 5.91 Å². The van der Waals surface area contributed by atoms with Crippen LogP contribution in [0.25, 0.3) is 5.69 Å². The van der Waals surface area contributed by atoms with Crippen molar-refractivity contribution in [2.45, 2.75) is 25.9 Å². The smallest absolute Gasteiger partial charge is 0.352 e. The minimum atomic E-state index is -4.69. The van der Waals surface area contributed by atoms with E-state index in [9.17, 15) is 18.0 Å². The monoisotopic (exact) mass is 366 g/mol. The predicted molar refractivity (Wildman–Crippen MR) is 91.2 cm³/mol.